The molecule has 0 amide bonds. The quantitative estimate of drug-likeness (QED) is 0.748. The third-order valence-corrected chi connectivity index (χ3v) is 5.67. The van der Waals surface area contributed by atoms with Crippen molar-refractivity contribution in [1.29, 1.82) is 0 Å². The van der Waals surface area contributed by atoms with Crippen molar-refractivity contribution >= 4 is 5.78 Å². The molecule has 1 aliphatic carbocycles. The molecule has 118 valence electrons. The van der Waals surface area contributed by atoms with Gasteiger partial charge in [-0.15, -0.1) is 0 Å². The molecule has 3 atom stereocenters. The summed E-state index contributed by atoms with van der Waals surface area (Å²) in [6, 6.07) is 0. The summed E-state index contributed by atoms with van der Waals surface area (Å²) in [6.07, 6.45) is 4.16. The first-order valence-corrected chi connectivity index (χ1v) is 8.16. The van der Waals surface area contributed by atoms with Crippen molar-refractivity contribution in [3.8, 4) is 0 Å². The molecule has 0 radical (unpaired) electrons. The molecule has 5 nitrogen and oxygen atoms in total. The van der Waals surface area contributed by atoms with Gasteiger partial charge in [-0.2, -0.15) is 10.2 Å². The average molecular weight is 301 g/mol. The van der Waals surface area contributed by atoms with E-state index in [1.165, 1.54) is 0 Å². The summed E-state index contributed by atoms with van der Waals surface area (Å²) in [7, 11) is 0. The van der Waals surface area contributed by atoms with Crippen LogP contribution in [0.3, 0.4) is 0 Å². The Labute approximate surface area is 130 Å². The Morgan fingerprint density at radius 3 is 2.95 bits per heavy atom. The number of ether oxygens (including phenoxy) is 1. The molecular formula is C17H23N3O2. The van der Waals surface area contributed by atoms with Crippen LogP contribution in [0.25, 0.3) is 0 Å². The fraction of sp³-hybridized carbons (Fsp3) is 0.706. The highest BCUT2D eigenvalue weighted by atomic mass is 16.5. The summed E-state index contributed by atoms with van der Waals surface area (Å²) in [5, 5.41) is 12.0. The number of azo groups is 1. The van der Waals surface area contributed by atoms with Crippen LogP contribution >= 0.6 is 0 Å². The van der Waals surface area contributed by atoms with Gasteiger partial charge in [0, 0.05) is 35.3 Å². The van der Waals surface area contributed by atoms with Crippen molar-refractivity contribution in [2.75, 3.05) is 13.2 Å². The van der Waals surface area contributed by atoms with Crippen LogP contribution < -0.4 is 5.32 Å². The molecule has 1 N–H and O–H groups in total. The van der Waals surface area contributed by atoms with Gasteiger partial charge in [-0.3, -0.25) is 4.79 Å². The molecule has 1 saturated heterocycles. The van der Waals surface area contributed by atoms with Crippen LogP contribution in [0.4, 0.5) is 0 Å². The number of fused-ring (bicyclic) bond motifs is 3. The van der Waals surface area contributed by atoms with Crippen LogP contribution in [0.2, 0.25) is 0 Å². The van der Waals surface area contributed by atoms with E-state index in [1.807, 2.05) is 6.20 Å². The predicted molar refractivity (Wildman–Crippen MR) is 81.9 cm³/mol. The fourth-order valence-corrected chi connectivity index (χ4v) is 4.71. The standard InChI is InChI=1S/C17H23N3O2/c1-10-9-22-5-4-17(10)11-8-18-20-15(11)19-12-6-16(2,3)7-13(21)14(12)17/h8,10,15,19H,4-7,9H2,1-3H3/t10-,15?,17+/m0/s1. The van der Waals surface area contributed by atoms with Crippen molar-refractivity contribution in [3.05, 3.63) is 23.0 Å². The molecule has 4 aliphatic rings. The number of ketones is 1. The second kappa shape index (κ2) is 4.51. The zero-order valence-corrected chi connectivity index (χ0v) is 13.5. The predicted octanol–water partition coefficient (Wildman–Crippen LogP) is 2.95. The number of nitrogens with one attached hydrogen (secondary N) is 1. The maximum atomic E-state index is 13.0. The van der Waals surface area contributed by atoms with Crippen molar-refractivity contribution in [2.45, 2.75) is 46.2 Å². The number of rotatable bonds is 0. The zero-order valence-electron chi connectivity index (χ0n) is 13.5. The minimum Gasteiger partial charge on any atom is -0.381 e. The van der Waals surface area contributed by atoms with Crippen LogP contribution in [0.5, 0.6) is 0 Å². The number of nitrogens with zero attached hydrogens (tertiary/aromatic N) is 2. The number of allylic oxidation sites excluding steroid dienone is 2. The van der Waals surface area contributed by atoms with Gasteiger partial charge in [0.2, 0.25) is 0 Å². The lowest BCUT2D eigenvalue weighted by Crippen LogP contribution is -2.54. The third-order valence-electron chi connectivity index (χ3n) is 5.67. The van der Waals surface area contributed by atoms with Gasteiger partial charge in [-0.25, -0.2) is 0 Å². The number of carbonyl (C=O) groups excluding carboxylic acids is 1. The Kier molecular flexibility index (Phi) is 2.89. The van der Waals surface area contributed by atoms with E-state index in [2.05, 4.69) is 36.3 Å². The van der Waals surface area contributed by atoms with Gasteiger partial charge in [-0.1, -0.05) is 20.8 Å². The highest BCUT2D eigenvalue weighted by Gasteiger charge is 2.56. The first-order valence-electron chi connectivity index (χ1n) is 8.16. The molecule has 3 heterocycles. The lowest BCUT2D eigenvalue weighted by molar-refractivity contribution is -0.121. The second-order valence-electron chi connectivity index (χ2n) is 7.85. The van der Waals surface area contributed by atoms with Gasteiger partial charge < -0.3 is 10.1 Å². The Hall–Kier alpha value is -1.49. The van der Waals surface area contributed by atoms with E-state index in [1.54, 1.807) is 0 Å². The van der Waals surface area contributed by atoms with Crippen LogP contribution in [0, 0.1) is 16.7 Å². The van der Waals surface area contributed by atoms with E-state index in [-0.39, 0.29) is 22.9 Å². The molecule has 0 aromatic heterocycles. The monoisotopic (exact) mass is 301 g/mol. The molecule has 1 fully saturated rings. The van der Waals surface area contributed by atoms with E-state index in [4.69, 9.17) is 4.74 Å². The Balaban J connectivity index is 1.91. The second-order valence-corrected chi connectivity index (χ2v) is 7.85. The van der Waals surface area contributed by atoms with Crippen molar-refractivity contribution in [1.82, 2.24) is 5.32 Å². The van der Waals surface area contributed by atoms with Crippen LogP contribution in [0.1, 0.15) is 40.0 Å². The molecule has 1 unspecified atom stereocenters. The molecule has 22 heavy (non-hydrogen) atoms. The lowest BCUT2D eigenvalue weighted by Gasteiger charge is -2.52. The number of carbonyl (C=O) groups is 1. The van der Waals surface area contributed by atoms with E-state index >= 15 is 0 Å². The van der Waals surface area contributed by atoms with E-state index in [0.717, 1.165) is 29.7 Å². The number of hydrogen-bond donors (Lipinski definition) is 1. The van der Waals surface area contributed by atoms with Crippen LogP contribution in [-0.2, 0) is 9.53 Å². The Bertz CT molecular complexity index is 632. The summed E-state index contributed by atoms with van der Waals surface area (Å²) in [5.74, 6) is 0.564. The van der Waals surface area contributed by atoms with Gasteiger partial charge in [0.05, 0.1) is 12.8 Å². The number of Topliss-reactive ketones (excluding diaryl/α,β-unsaturated/α-hetero) is 1. The summed E-state index contributed by atoms with van der Waals surface area (Å²) < 4.78 is 5.67. The highest BCUT2D eigenvalue weighted by molar-refractivity contribution is 6.00. The normalized spacial score (nSPS) is 39.4. The highest BCUT2D eigenvalue weighted by Crippen LogP contribution is 2.57. The van der Waals surface area contributed by atoms with Gasteiger partial charge in [-0.05, 0) is 24.2 Å². The first kappa shape index (κ1) is 14.1. The van der Waals surface area contributed by atoms with Crippen LogP contribution in [0.15, 0.2) is 33.3 Å². The first-order chi connectivity index (χ1) is 10.4. The topological polar surface area (TPSA) is 63.1 Å². The van der Waals surface area contributed by atoms with Crippen molar-refractivity contribution in [2.24, 2.45) is 27.0 Å². The molecule has 0 bridgehead atoms. The maximum absolute atomic E-state index is 13.0. The molecule has 0 aromatic rings. The smallest absolute Gasteiger partial charge is 0.164 e. The van der Waals surface area contributed by atoms with E-state index in [9.17, 15) is 4.79 Å². The molecular weight excluding hydrogens is 278 g/mol. The Morgan fingerprint density at radius 2 is 2.18 bits per heavy atom. The van der Waals surface area contributed by atoms with Crippen molar-refractivity contribution < 1.29 is 9.53 Å². The van der Waals surface area contributed by atoms with Gasteiger partial charge in [0.1, 0.15) is 0 Å². The van der Waals surface area contributed by atoms with Crippen molar-refractivity contribution in [3.63, 3.8) is 0 Å². The summed E-state index contributed by atoms with van der Waals surface area (Å²) >= 11 is 0. The largest absolute Gasteiger partial charge is 0.381 e. The Morgan fingerprint density at radius 1 is 1.36 bits per heavy atom. The average Bonchev–Trinajstić information content (AvgIpc) is 2.88. The third kappa shape index (κ3) is 1.78. The molecule has 3 aliphatic heterocycles. The molecule has 5 heteroatoms. The minimum absolute atomic E-state index is 0.00940. The van der Waals surface area contributed by atoms with E-state index in [0.29, 0.717) is 25.4 Å². The maximum Gasteiger partial charge on any atom is 0.164 e. The lowest BCUT2D eigenvalue weighted by atomic mass is 9.56. The summed E-state index contributed by atoms with van der Waals surface area (Å²) in [6.45, 7) is 7.91. The summed E-state index contributed by atoms with van der Waals surface area (Å²) in [4.78, 5) is 13.0. The number of hydrogen-bond acceptors (Lipinski definition) is 5. The fourth-order valence-electron chi connectivity index (χ4n) is 4.71. The van der Waals surface area contributed by atoms with Gasteiger partial charge >= 0.3 is 0 Å². The van der Waals surface area contributed by atoms with E-state index < -0.39 is 0 Å². The van der Waals surface area contributed by atoms with Gasteiger partial charge in [0.15, 0.2) is 11.9 Å². The molecule has 1 spiro atoms. The molecule has 0 aromatic carbocycles. The zero-order chi connectivity index (χ0) is 15.5. The van der Waals surface area contributed by atoms with Crippen LogP contribution in [-0.4, -0.2) is 25.2 Å². The summed E-state index contributed by atoms with van der Waals surface area (Å²) in [5.41, 5.74) is 3.03. The molecule has 4 rings (SSSR count). The molecule has 0 saturated carbocycles. The SMILES string of the molecule is C[C@H]1COCC[C@]12C1=CN=NC1NC1=C2C(=O)CC(C)(C)C1. The van der Waals surface area contributed by atoms with Gasteiger partial charge in [0.25, 0.3) is 0 Å². The minimum atomic E-state index is -0.236.